The summed E-state index contributed by atoms with van der Waals surface area (Å²) in [4.78, 5) is 3.68. The number of rotatable bonds is 4. The molecule has 0 saturated heterocycles. The molecule has 0 aliphatic carbocycles. The molecule has 2 N–H and O–H groups in total. The molecule has 0 aromatic heterocycles. The minimum Gasteiger partial charge on any atom is -0.477 e. The number of allylic oxidation sites excluding steroid dienone is 1. The fourth-order valence-electron chi connectivity index (χ4n) is 0.600. The average molecular weight is 222 g/mol. The first-order chi connectivity index (χ1) is 6.89. The van der Waals surface area contributed by atoms with Crippen molar-refractivity contribution in [3.8, 4) is 0 Å². The SMILES string of the molecule is C=C/C(=N\C(N)=C/C)OCCC(F)(F)F. The van der Waals surface area contributed by atoms with E-state index in [1.807, 2.05) is 0 Å². The summed E-state index contributed by atoms with van der Waals surface area (Å²) in [6, 6.07) is 0. The Kier molecular flexibility index (Phi) is 5.51. The normalized spacial score (nSPS) is 13.9. The second kappa shape index (κ2) is 6.10. The monoisotopic (exact) mass is 222 g/mol. The Morgan fingerprint density at radius 3 is 2.53 bits per heavy atom. The first-order valence-electron chi connectivity index (χ1n) is 4.21. The van der Waals surface area contributed by atoms with E-state index < -0.39 is 19.2 Å². The molecular weight excluding hydrogens is 209 g/mol. The van der Waals surface area contributed by atoms with Gasteiger partial charge in [-0.1, -0.05) is 6.58 Å². The molecule has 0 unspecified atom stereocenters. The van der Waals surface area contributed by atoms with Crippen molar-refractivity contribution >= 4 is 5.90 Å². The molecule has 0 amide bonds. The van der Waals surface area contributed by atoms with E-state index in [4.69, 9.17) is 10.5 Å². The lowest BCUT2D eigenvalue weighted by atomic mass is 10.4. The van der Waals surface area contributed by atoms with Crippen molar-refractivity contribution in [2.75, 3.05) is 6.61 Å². The van der Waals surface area contributed by atoms with Gasteiger partial charge in [0, 0.05) is 0 Å². The summed E-state index contributed by atoms with van der Waals surface area (Å²) < 4.78 is 40.0. The van der Waals surface area contributed by atoms with Crippen LogP contribution in [0, 0.1) is 0 Å². The maximum Gasteiger partial charge on any atom is 0.392 e. The number of nitrogens with zero attached hydrogens (tertiary/aromatic N) is 1. The number of nitrogens with two attached hydrogens (primary N) is 1. The zero-order valence-electron chi connectivity index (χ0n) is 8.34. The summed E-state index contributed by atoms with van der Waals surface area (Å²) in [5, 5.41) is 0. The van der Waals surface area contributed by atoms with Gasteiger partial charge in [-0.3, -0.25) is 0 Å². The largest absolute Gasteiger partial charge is 0.477 e. The first kappa shape index (κ1) is 13.5. The van der Waals surface area contributed by atoms with Crippen LogP contribution in [0.15, 0.2) is 29.5 Å². The van der Waals surface area contributed by atoms with Gasteiger partial charge in [0.25, 0.3) is 0 Å². The molecular formula is C9H13F3N2O. The highest BCUT2D eigenvalue weighted by Gasteiger charge is 2.26. The zero-order valence-corrected chi connectivity index (χ0v) is 8.34. The van der Waals surface area contributed by atoms with E-state index in [0.29, 0.717) is 0 Å². The molecule has 0 aliphatic heterocycles. The lowest BCUT2D eigenvalue weighted by Gasteiger charge is -2.08. The fourth-order valence-corrected chi connectivity index (χ4v) is 0.600. The highest BCUT2D eigenvalue weighted by molar-refractivity contribution is 5.87. The van der Waals surface area contributed by atoms with Crippen molar-refractivity contribution in [1.82, 2.24) is 0 Å². The van der Waals surface area contributed by atoms with Crippen LogP contribution in [0.1, 0.15) is 13.3 Å². The van der Waals surface area contributed by atoms with Crippen molar-refractivity contribution in [2.24, 2.45) is 10.7 Å². The summed E-state index contributed by atoms with van der Waals surface area (Å²) in [5.41, 5.74) is 5.33. The van der Waals surface area contributed by atoms with Gasteiger partial charge in [0.05, 0.1) is 13.0 Å². The maximum absolute atomic E-state index is 11.8. The smallest absolute Gasteiger partial charge is 0.392 e. The molecule has 0 spiro atoms. The number of alkyl halides is 3. The van der Waals surface area contributed by atoms with Crippen LogP contribution < -0.4 is 5.73 Å². The van der Waals surface area contributed by atoms with Crippen molar-refractivity contribution in [1.29, 1.82) is 0 Å². The molecule has 86 valence electrons. The average Bonchev–Trinajstić information content (AvgIpc) is 2.14. The lowest BCUT2D eigenvalue weighted by molar-refractivity contribution is -0.140. The van der Waals surface area contributed by atoms with Crippen LogP contribution in [0.4, 0.5) is 13.2 Å². The molecule has 0 atom stereocenters. The van der Waals surface area contributed by atoms with Crippen LogP contribution in [0.5, 0.6) is 0 Å². The predicted molar refractivity (Wildman–Crippen MR) is 52.2 cm³/mol. The van der Waals surface area contributed by atoms with E-state index in [2.05, 4.69) is 11.6 Å². The highest BCUT2D eigenvalue weighted by atomic mass is 19.4. The van der Waals surface area contributed by atoms with E-state index in [0.717, 1.165) is 0 Å². The standard InChI is InChI=1S/C9H13F3N2O/c1-3-7(13)14-8(4-2)15-6-5-9(10,11)12/h3-4H,2,5-6,13H2,1H3/b7-3-,14-8+. The van der Waals surface area contributed by atoms with Crippen molar-refractivity contribution in [3.05, 3.63) is 24.6 Å². The molecule has 0 radical (unpaired) electrons. The van der Waals surface area contributed by atoms with Gasteiger partial charge in [0.15, 0.2) is 0 Å². The van der Waals surface area contributed by atoms with E-state index in [-0.39, 0.29) is 11.7 Å². The predicted octanol–water partition coefficient (Wildman–Crippen LogP) is 2.36. The highest BCUT2D eigenvalue weighted by Crippen LogP contribution is 2.19. The van der Waals surface area contributed by atoms with E-state index in [1.54, 1.807) is 6.92 Å². The van der Waals surface area contributed by atoms with Gasteiger partial charge in [-0.05, 0) is 19.1 Å². The zero-order chi connectivity index (χ0) is 11.9. The number of ether oxygens (including phenoxy) is 1. The van der Waals surface area contributed by atoms with Crippen molar-refractivity contribution in [3.63, 3.8) is 0 Å². The lowest BCUT2D eigenvalue weighted by Crippen LogP contribution is -2.14. The summed E-state index contributed by atoms with van der Waals surface area (Å²) in [6.07, 6.45) is -2.57. The number of hydrogen-bond donors (Lipinski definition) is 1. The maximum atomic E-state index is 11.8. The third-order valence-corrected chi connectivity index (χ3v) is 1.35. The molecule has 0 bridgehead atoms. The molecule has 0 heterocycles. The van der Waals surface area contributed by atoms with Crippen molar-refractivity contribution < 1.29 is 17.9 Å². The summed E-state index contributed by atoms with van der Waals surface area (Å²) in [7, 11) is 0. The minimum atomic E-state index is -4.24. The molecule has 0 aliphatic rings. The van der Waals surface area contributed by atoms with E-state index in [9.17, 15) is 13.2 Å². The van der Waals surface area contributed by atoms with Gasteiger partial charge in [0.1, 0.15) is 5.82 Å². The van der Waals surface area contributed by atoms with Gasteiger partial charge in [0.2, 0.25) is 5.90 Å². The number of aliphatic imine (C=N–C) groups is 1. The summed E-state index contributed by atoms with van der Waals surface area (Å²) >= 11 is 0. The van der Waals surface area contributed by atoms with Gasteiger partial charge >= 0.3 is 6.18 Å². The molecule has 0 aromatic carbocycles. The quantitative estimate of drug-likeness (QED) is 0.586. The second-order valence-corrected chi connectivity index (χ2v) is 2.58. The molecule has 0 fully saturated rings. The van der Waals surface area contributed by atoms with E-state index in [1.165, 1.54) is 12.2 Å². The molecule has 15 heavy (non-hydrogen) atoms. The van der Waals surface area contributed by atoms with Crippen LogP contribution >= 0.6 is 0 Å². The molecule has 0 aromatic rings. The summed E-state index contributed by atoms with van der Waals surface area (Å²) in [5.74, 6) is 0.145. The minimum absolute atomic E-state index is 0.0187. The Morgan fingerprint density at radius 2 is 2.13 bits per heavy atom. The third-order valence-electron chi connectivity index (χ3n) is 1.35. The van der Waals surface area contributed by atoms with E-state index >= 15 is 0 Å². The number of halogens is 3. The molecule has 0 saturated carbocycles. The Morgan fingerprint density at radius 1 is 1.53 bits per heavy atom. The number of hydrogen-bond acceptors (Lipinski definition) is 3. The van der Waals surface area contributed by atoms with Crippen LogP contribution in [-0.4, -0.2) is 18.7 Å². The van der Waals surface area contributed by atoms with Crippen LogP contribution in [0.3, 0.4) is 0 Å². The van der Waals surface area contributed by atoms with Crippen LogP contribution in [0.2, 0.25) is 0 Å². The first-order valence-corrected chi connectivity index (χ1v) is 4.21. The third kappa shape index (κ3) is 7.60. The fraction of sp³-hybridized carbons (Fsp3) is 0.444. The molecule has 3 nitrogen and oxygen atoms in total. The molecule has 0 rings (SSSR count). The van der Waals surface area contributed by atoms with Crippen molar-refractivity contribution in [2.45, 2.75) is 19.5 Å². The van der Waals surface area contributed by atoms with Crippen LogP contribution in [0.25, 0.3) is 0 Å². The Bertz CT molecular complexity index is 269. The Balaban J connectivity index is 4.13. The van der Waals surface area contributed by atoms with Gasteiger partial charge in [-0.25, -0.2) is 0 Å². The van der Waals surface area contributed by atoms with Crippen LogP contribution in [-0.2, 0) is 4.74 Å². The summed E-state index contributed by atoms with van der Waals surface area (Å²) in [6.45, 7) is 4.50. The Hall–Kier alpha value is -1.46. The van der Waals surface area contributed by atoms with Gasteiger partial charge < -0.3 is 10.5 Å². The molecule has 6 heteroatoms. The second-order valence-electron chi connectivity index (χ2n) is 2.58. The topological polar surface area (TPSA) is 47.6 Å². The Labute approximate surface area is 86.1 Å². The van der Waals surface area contributed by atoms with Gasteiger partial charge in [-0.2, -0.15) is 18.2 Å². The van der Waals surface area contributed by atoms with Gasteiger partial charge in [-0.15, -0.1) is 0 Å².